The second-order valence-corrected chi connectivity index (χ2v) is 1.06. The highest BCUT2D eigenvalue weighted by Gasteiger charge is 1.52. The largest absolute Gasteiger partial charge is 0.379 e. The minimum atomic E-state index is 1.16. The number of rotatable bonds is 1. The van der Waals surface area contributed by atoms with Crippen LogP contribution in [0.5, 0.6) is 0 Å². The van der Waals surface area contributed by atoms with Crippen molar-refractivity contribution in [2.75, 3.05) is 0 Å². The summed E-state index contributed by atoms with van der Waals surface area (Å²) in [7, 11) is 0. The molecule has 0 fully saturated rings. The van der Waals surface area contributed by atoms with Crippen molar-refractivity contribution >= 4 is 0 Å². The molecule has 3 heteroatoms. The van der Waals surface area contributed by atoms with Gasteiger partial charge in [0.1, 0.15) is 0 Å². The first-order valence-corrected chi connectivity index (χ1v) is 2.41. The van der Waals surface area contributed by atoms with Gasteiger partial charge in [0.2, 0.25) is 0 Å². The van der Waals surface area contributed by atoms with Gasteiger partial charge < -0.3 is 5.21 Å². The van der Waals surface area contributed by atoms with Crippen molar-refractivity contribution in [1.29, 1.82) is 0 Å². The summed E-state index contributed by atoms with van der Waals surface area (Å²) < 4.78 is 0. The molecule has 0 amide bonds. The topological polar surface area (TPSA) is 49.7 Å². The van der Waals surface area contributed by atoms with Crippen LogP contribution in [0, 0.1) is 4.91 Å². The number of nitrogens with zero attached hydrogens (tertiary/aromatic N) is 1. The summed E-state index contributed by atoms with van der Waals surface area (Å²) in [6, 6.07) is 0. The summed E-state index contributed by atoms with van der Waals surface area (Å²) in [6.07, 6.45) is 5.34. The first-order chi connectivity index (χ1) is 3.83. The van der Waals surface area contributed by atoms with Crippen molar-refractivity contribution in [3.05, 3.63) is 17.1 Å². The highest BCUT2D eigenvalue weighted by Crippen LogP contribution is 1.73. The Bertz CT molecular complexity index is 61.4. The Morgan fingerprint density at radius 3 is 2.12 bits per heavy atom. The molecule has 0 radical (unpaired) electrons. The van der Waals surface area contributed by atoms with E-state index < -0.39 is 0 Å². The van der Waals surface area contributed by atoms with Gasteiger partial charge in [0.25, 0.3) is 0 Å². The van der Waals surface area contributed by atoms with E-state index in [1.165, 1.54) is 5.34 Å². The van der Waals surface area contributed by atoms with E-state index in [4.69, 9.17) is 10.1 Å². The van der Waals surface area contributed by atoms with Crippen LogP contribution in [-0.2, 0) is 0 Å². The number of hydrogen-bond donors (Lipinski definition) is 1. The Morgan fingerprint density at radius 2 is 2.12 bits per heavy atom. The molecule has 8 heavy (non-hydrogen) atoms. The lowest BCUT2D eigenvalue weighted by molar-refractivity contribution is 0.312. The lowest BCUT2D eigenvalue weighted by Gasteiger charge is -1.65. The quantitative estimate of drug-likeness (QED) is 0.325. The standard InChI is InChI=1S/C5H10.HNO2/c1-3-5-4-2;2-1-3/h3,5H,4H2,1-2H3;(H,2,3). The van der Waals surface area contributed by atoms with Gasteiger partial charge in [-0.2, -0.15) is 0 Å². The van der Waals surface area contributed by atoms with Gasteiger partial charge in [0, 0.05) is 0 Å². The Balaban J connectivity index is 0. The maximum Gasteiger partial charge on any atom is 0.152 e. The second kappa shape index (κ2) is 16.5. The van der Waals surface area contributed by atoms with E-state index in [1.54, 1.807) is 0 Å². The maximum atomic E-state index is 8.11. The van der Waals surface area contributed by atoms with Crippen molar-refractivity contribution in [1.82, 2.24) is 0 Å². The third-order valence-electron chi connectivity index (χ3n) is 0.471. The average Bonchev–Trinajstić information content (AvgIpc) is 1.71. The van der Waals surface area contributed by atoms with Gasteiger partial charge in [-0.25, -0.2) is 0 Å². The highest BCUT2D eigenvalue weighted by atomic mass is 16.6. The van der Waals surface area contributed by atoms with Crippen LogP contribution in [0.3, 0.4) is 0 Å². The first kappa shape index (κ1) is 10.2. The summed E-state index contributed by atoms with van der Waals surface area (Å²) in [5, 5.41) is 7.89. The molecule has 0 aromatic rings. The van der Waals surface area contributed by atoms with Gasteiger partial charge in [0.05, 0.1) is 0 Å². The summed E-state index contributed by atoms with van der Waals surface area (Å²) in [6.45, 7) is 4.16. The van der Waals surface area contributed by atoms with Crippen molar-refractivity contribution in [2.24, 2.45) is 5.34 Å². The lowest BCUT2D eigenvalue weighted by Crippen LogP contribution is -1.43. The SMILES string of the molecule is CC=CCC.O=NO. The summed E-state index contributed by atoms with van der Waals surface area (Å²) >= 11 is 0. The zero-order chi connectivity index (χ0) is 6.83. The minimum Gasteiger partial charge on any atom is -0.379 e. The predicted octanol–water partition coefficient (Wildman–Crippen LogP) is 2.11. The van der Waals surface area contributed by atoms with Gasteiger partial charge in [0.15, 0.2) is 5.34 Å². The van der Waals surface area contributed by atoms with Crippen LogP contribution in [0.25, 0.3) is 0 Å². The van der Waals surface area contributed by atoms with Crippen LogP contribution in [0.4, 0.5) is 0 Å². The zero-order valence-electron chi connectivity index (χ0n) is 5.16. The molecule has 0 heterocycles. The van der Waals surface area contributed by atoms with E-state index in [-0.39, 0.29) is 0 Å². The molecule has 48 valence electrons. The molecule has 0 aliphatic heterocycles. The van der Waals surface area contributed by atoms with Crippen LogP contribution < -0.4 is 0 Å². The summed E-state index contributed by atoms with van der Waals surface area (Å²) in [4.78, 5) is 8.11. The highest BCUT2D eigenvalue weighted by molar-refractivity contribution is 4.73. The molecule has 0 aromatic carbocycles. The van der Waals surface area contributed by atoms with E-state index in [9.17, 15) is 0 Å². The monoisotopic (exact) mass is 117 g/mol. The van der Waals surface area contributed by atoms with Gasteiger partial charge in [-0.15, -0.1) is 4.91 Å². The van der Waals surface area contributed by atoms with E-state index in [1.807, 2.05) is 6.92 Å². The van der Waals surface area contributed by atoms with Crippen LogP contribution in [-0.4, -0.2) is 5.21 Å². The Hall–Kier alpha value is -0.860. The van der Waals surface area contributed by atoms with E-state index in [2.05, 4.69) is 19.1 Å². The molecule has 0 unspecified atom stereocenters. The fourth-order valence-electron chi connectivity index (χ4n) is 0.236. The maximum absolute atomic E-state index is 8.11. The van der Waals surface area contributed by atoms with Gasteiger partial charge in [-0.05, 0) is 13.3 Å². The predicted molar refractivity (Wildman–Crippen MR) is 32.7 cm³/mol. The fourth-order valence-corrected chi connectivity index (χ4v) is 0.236. The second-order valence-electron chi connectivity index (χ2n) is 1.06. The molecular formula is C5H11NO2. The molecule has 0 aliphatic carbocycles. The Morgan fingerprint density at radius 1 is 1.75 bits per heavy atom. The molecule has 0 rings (SSSR count). The van der Waals surface area contributed by atoms with Gasteiger partial charge in [-0.3, -0.25) is 0 Å². The third-order valence-corrected chi connectivity index (χ3v) is 0.471. The molecule has 0 saturated carbocycles. The minimum absolute atomic E-state index is 1.16. The van der Waals surface area contributed by atoms with Crippen molar-refractivity contribution in [2.45, 2.75) is 20.3 Å². The molecule has 0 saturated heterocycles. The van der Waals surface area contributed by atoms with Gasteiger partial charge in [-0.1, -0.05) is 19.1 Å². The van der Waals surface area contributed by atoms with Crippen LogP contribution in [0.15, 0.2) is 17.5 Å². The van der Waals surface area contributed by atoms with E-state index >= 15 is 0 Å². The molecule has 3 nitrogen and oxygen atoms in total. The molecule has 0 atom stereocenters. The van der Waals surface area contributed by atoms with Crippen LogP contribution in [0.2, 0.25) is 0 Å². The first-order valence-electron chi connectivity index (χ1n) is 2.41. The van der Waals surface area contributed by atoms with Crippen LogP contribution >= 0.6 is 0 Å². The molecule has 1 N–H and O–H groups in total. The third kappa shape index (κ3) is 67.8. The van der Waals surface area contributed by atoms with Crippen LogP contribution in [0.1, 0.15) is 20.3 Å². The Labute approximate surface area is 49.0 Å². The molecule has 0 spiro atoms. The van der Waals surface area contributed by atoms with Crippen molar-refractivity contribution in [3.8, 4) is 0 Å². The summed E-state index contributed by atoms with van der Waals surface area (Å²) in [5.74, 6) is 0. The Kier molecular flexibility index (Phi) is 21.0. The lowest BCUT2D eigenvalue weighted by atomic mass is 10.4. The zero-order valence-corrected chi connectivity index (χ0v) is 5.16. The molecular weight excluding hydrogens is 106 g/mol. The number of allylic oxidation sites excluding steroid dienone is 2. The molecule has 0 aromatic heterocycles. The van der Waals surface area contributed by atoms with E-state index in [0.717, 1.165) is 6.42 Å². The van der Waals surface area contributed by atoms with Gasteiger partial charge >= 0.3 is 0 Å². The smallest absolute Gasteiger partial charge is 0.152 e. The molecule has 0 aliphatic rings. The summed E-state index contributed by atoms with van der Waals surface area (Å²) in [5.41, 5.74) is 0. The van der Waals surface area contributed by atoms with Crippen molar-refractivity contribution < 1.29 is 5.21 Å². The molecule has 0 bridgehead atoms. The fraction of sp³-hybridized carbons (Fsp3) is 0.600. The average molecular weight is 117 g/mol. The number of hydrogen-bond acceptors (Lipinski definition) is 2. The van der Waals surface area contributed by atoms with E-state index in [0.29, 0.717) is 0 Å². The normalized spacial score (nSPS) is 7.75. The van der Waals surface area contributed by atoms with Crippen molar-refractivity contribution in [3.63, 3.8) is 0 Å².